The number of amides is 1. The molecular weight excluding hydrogens is 316 g/mol. The lowest BCUT2D eigenvalue weighted by molar-refractivity contribution is -0.132. The molecule has 0 saturated carbocycles. The zero-order chi connectivity index (χ0) is 17.6. The Kier molecular flexibility index (Phi) is 3.82. The van der Waals surface area contributed by atoms with Crippen molar-refractivity contribution in [2.75, 3.05) is 13.1 Å². The van der Waals surface area contributed by atoms with Crippen molar-refractivity contribution in [2.24, 2.45) is 0 Å². The van der Waals surface area contributed by atoms with E-state index in [1.165, 1.54) is 11.1 Å². The first-order valence-corrected chi connectivity index (χ1v) is 8.82. The highest BCUT2D eigenvalue weighted by molar-refractivity contribution is 5.84. The number of aromatic nitrogens is 3. The number of piperidine rings is 1. The summed E-state index contributed by atoms with van der Waals surface area (Å²) in [6.45, 7) is 5.54. The lowest BCUT2D eigenvalue weighted by atomic mass is 10.1. The Balaban J connectivity index is 1.79. The van der Waals surface area contributed by atoms with E-state index >= 15 is 0 Å². The highest BCUT2D eigenvalue weighted by atomic mass is 16.2. The number of rotatable bonds is 2. The minimum Gasteiger partial charge on any atom is -0.341 e. The summed E-state index contributed by atoms with van der Waals surface area (Å²) in [7, 11) is 0. The predicted molar refractivity (Wildman–Crippen MR) is 96.9 cm³/mol. The molecule has 6 heteroatoms. The molecule has 1 fully saturated rings. The van der Waals surface area contributed by atoms with Crippen molar-refractivity contribution in [3.05, 3.63) is 45.9 Å². The fraction of sp³-hybridized carbons (Fsp3) is 0.421. The number of benzene rings is 1. The highest BCUT2D eigenvalue weighted by Crippen LogP contribution is 2.19. The molecule has 0 N–H and O–H groups in total. The molecule has 1 aromatic carbocycles. The third kappa shape index (κ3) is 2.71. The number of nitrogens with zero attached hydrogens (tertiary/aromatic N) is 4. The number of likely N-dealkylation sites (tertiary alicyclic amines) is 1. The number of fused-ring (bicyclic) bond motifs is 3. The van der Waals surface area contributed by atoms with Crippen LogP contribution in [0.3, 0.4) is 0 Å². The average molecular weight is 338 g/mol. The molecule has 3 heterocycles. The summed E-state index contributed by atoms with van der Waals surface area (Å²) < 4.78 is 2.92. The van der Waals surface area contributed by atoms with Crippen molar-refractivity contribution in [1.82, 2.24) is 19.1 Å². The Labute approximate surface area is 145 Å². The largest absolute Gasteiger partial charge is 0.351 e. The molecule has 0 unspecified atom stereocenters. The highest BCUT2D eigenvalue weighted by Gasteiger charge is 2.20. The topological polar surface area (TPSA) is 59.6 Å². The first-order chi connectivity index (χ1) is 12.0. The summed E-state index contributed by atoms with van der Waals surface area (Å²) in [4.78, 5) is 27.2. The van der Waals surface area contributed by atoms with E-state index in [0.717, 1.165) is 48.0 Å². The van der Waals surface area contributed by atoms with Crippen LogP contribution in [0, 0.1) is 13.8 Å². The molecule has 0 atom stereocenters. The van der Waals surface area contributed by atoms with Crippen molar-refractivity contribution >= 4 is 22.5 Å². The van der Waals surface area contributed by atoms with Gasteiger partial charge < -0.3 is 4.90 Å². The minimum atomic E-state index is -0.252. The fourth-order valence-electron chi connectivity index (χ4n) is 3.65. The molecule has 6 nitrogen and oxygen atoms in total. The van der Waals surface area contributed by atoms with E-state index in [0.29, 0.717) is 5.65 Å². The summed E-state index contributed by atoms with van der Waals surface area (Å²) in [5.41, 5.74) is 3.27. The van der Waals surface area contributed by atoms with Crippen molar-refractivity contribution in [2.45, 2.75) is 39.7 Å². The molecule has 3 aromatic rings. The molecule has 1 amide bonds. The molecule has 2 aromatic heterocycles. The maximum atomic E-state index is 12.9. The molecule has 1 aliphatic rings. The zero-order valence-electron chi connectivity index (χ0n) is 14.7. The van der Waals surface area contributed by atoms with E-state index in [9.17, 15) is 9.59 Å². The van der Waals surface area contributed by atoms with Crippen LogP contribution in [0.2, 0.25) is 0 Å². The lowest BCUT2D eigenvalue weighted by Crippen LogP contribution is -2.39. The van der Waals surface area contributed by atoms with Crippen LogP contribution in [-0.2, 0) is 11.3 Å². The quantitative estimate of drug-likeness (QED) is 0.720. The van der Waals surface area contributed by atoms with Crippen molar-refractivity contribution in [1.29, 1.82) is 0 Å². The van der Waals surface area contributed by atoms with Crippen LogP contribution in [0.25, 0.3) is 16.6 Å². The predicted octanol–water partition coefficient (Wildman–Crippen LogP) is 2.28. The zero-order valence-corrected chi connectivity index (χ0v) is 14.7. The number of pyridine rings is 1. The Morgan fingerprint density at radius 3 is 2.64 bits per heavy atom. The molecule has 1 aliphatic heterocycles. The van der Waals surface area contributed by atoms with Gasteiger partial charge in [-0.3, -0.25) is 4.79 Å². The summed E-state index contributed by atoms with van der Waals surface area (Å²) in [5, 5.41) is 5.45. The monoisotopic (exact) mass is 338 g/mol. The molecule has 130 valence electrons. The van der Waals surface area contributed by atoms with Gasteiger partial charge in [0.2, 0.25) is 5.91 Å². The van der Waals surface area contributed by atoms with Gasteiger partial charge in [0.25, 0.3) is 0 Å². The van der Waals surface area contributed by atoms with E-state index in [4.69, 9.17) is 0 Å². The number of carbonyl (C=O) groups is 1. The van der Waals surface area contributed by atoms with Crippen molar-refractivity contribution < 1.29 is 4.79 Å². The minimum absolute atomic E-state index is 0.00725. The van der Waals surface area contributed by atoms with Crippen LogP contribution in [-0.4, -0.2) is 38.1 Å². The Morgan fingerprint density at radius 2 is 1.88 bits per heavy atom. The van der Waals surface area contributed by atoms with E-state index in [1.807, 2.05) is 36.9 Å². The van der Waals surface area contributed by atoms with Crippen molar-refractivity contribution in [3.8, 4) is 0 Å². The third-order valence-electron chi connectivity index (χ3n) is 4.98. The Bertz CT molecular complexity index is 1030. The normalized spacial score (nSPS) is 15.2. The number of aryl methyl sites for hydroxylation is 2. The van der Waals surface area contributed by atoms with Gasteiger partial charge >= 0.3 is 5.69 Å². The summed E-state index contributed by atoms with van der Waals surface area (Å²) >= 11 is 0. The Hall–Kier alpha value is -2.63. The average Bonchev–Trinajstić information content (AvgIpc) is 2.93. The number of carbonyl (C=O) groups excluding carboxylic acids is 1. The maximum absolute atomic E-state index is 12.9. The second-order valence-corrected chi connectivity index (χ2v) is 6.93. The van der Waals surface area contributed by atoms with Crippen LogP contribution in [0.4, 0.5) is 0 Å². The number of hydrogen-bond acceptors (Lipinski definition) is 3. The molecule has 1 saturated heterocycles. The van der Waals surface area contributed by atoms with Gasteiger partial charge in [0.15, 0.2) is 5.65 Å². The second-order valence-electron chi connectivity index (χ2n) is 6.93. The van der Waals surface area contributed by atoms with Gasteiger partial charge in [-0.1, -0.05) is 11.6 Å². The van der Waals surface area contributed by atoms with Crippen LogP contribution >= 0.6 is 0 Å². The molecule has 0 spiro atoms. The third-order valence-corrected chi connectivity index (χ3v) is 4.98. The van der Waals surface area contributed by atoms with Crippen molar-refractivity contribution in [3.63, 3.8) is 0 Å². The van der Waals surface area contributed by atoms with Gasteiger partial charge in [-0.15, -0.1) is 5.10 Å². The van der Waals surface area contributed by atoms with E-state index < -0.39 is 0 Å². The summed E-state index contributed by atoms with van der Waals surface area (Å²) in [6.07, 6.45) is 3.24. The lowest BCUT2D eigenvalue weighted by Gasteiger charge is -2.26. The van der Waals surface area contributed by atoms with Gasteiger partial charge in [-0.05, 0) is 62.3 Å². The number of hydrogen-bond donors (Lipinski definition) is 0. The van der Waals surface area contributed by atoms with Gasteiger partial charge in [0.05, 0.1) is 5.52 Å². The first kappa shape index (κ1) is 15.9. The fourth-order valence-corrected chi connectivity index (χ4v) is 3.65. The molecule has 25 heavy (non-hydrogen) atoms. The van der Waals surface area contributed by atoms with Gasteiger partial charge in [-0.2, -0.15) is 0 Å². The van der Waals surface area contributed by atoms with Gasteiger partial charge in [0.1, 0.15) is 6.54 Å². The van der Waals surface area contributed by atoms with Gasteiger partial charge in [-0.25, -0.2) is 13.9 Å². The summed E-state index contributed by atoms with van der Waals surface area (Å²) in [5.74, 6) is -0.0250. The standard InChI is InChI=1S/C19H22N4O2/c1-13-6-7-16-15(10-13)11-14(2)18-20-22(19(25)23(16)18)12-17(24)21-8-4-3-5-9-21/h6-7,10-11H,3-5,8-9,12H2,1-2H3. The van der Waals surface area contributed by atoms with E-state index in [2.05, 4.69) is 11.2 Å². The smallest absolute Gasteiger partial charge is 0.341 e. The molecule has 0 radical (unpaired) electrons. The molecule has 4 rings (SSSR count). The molecule has 0 aliphatic carbocycles. The second kappa shape index (κ2) is 6.02. The SMILES string of the molecule is Cc1ccc2c(c1)cc(C)c1nn(CC(=O)N3CCCCC3)c(=O)n12. The van der Waals surface area contributed by atoms with E-state index in [-0.39, 0.29) is 18.1 Å². The molecular formula is C19H22N4O2. The maximum Gasteiger partial charge on any atom is 0.351 e. The first-order valence-electron chi connectivity index (χ1n) is 8.82. The van der Waals surface area contributed by atoms with Crippen LogP contribution < -0.4 is 5.69 Å². The van der Waals surface area contributed by atoms with Crippen LogP contribution in [0.5, 0.6) is 0 Å². The van der Waals surface area contributed by atoms with Gasteiger partial charge in [0, 0.05) is 13.1 Å². The summed E-state index contributed by atoms with van der Waals surface area (Å²) in [6, 6.07) is 8.03. The van der Waals surface area contributed by atoms with Crippen LogP contribution in [0.15, 0.2) is 29.1 Å². The Morgan fingerprint density at radius 1 is 1.12 bits per heavy atom. The van der Waals surface area contributed by atoms with E-state index in [1.54, 1.807) is 4.40 Å². The van der Waals surface area contributed by atoms with Crippen LogP contribution in [0.1, 0.15) is 30.4 Å². The molecule has 0 bridgehead atoms.